The molecule has 0 saturated carbocycles. The Morgan fingerprint density at radius 3 is 2.37 bits per heavy atom. The second kappa shape index (κ2) is 12.2. The van der Waals surface area contributed by atoms with Crippen molar-refractivity contribution in [3.05, 3.63) is 88.9 Å². The molecule has 7 nitrogen and oxygen atoms in total. The van der Waals surface area contributed by atoms with E-state index in [0.29, 0.717) is 17.3 Å². The Morgan fingerprint density at radius 2 is 1.68 bits per heavy atom. The van der Waals surface area contributed by atoms with E-state index in [2.05, 4.69) is 20.9 Å². The lowest BCUT2D eigenvalue weighted by atomic mass is 10.0. The minimum Gasteiger partial charge on any atom is -0.444 e. The summed E-state index contributed by atoms with van der Waals surface area (Å²) in [6.07, 6.45) is 1.85. The Balaban J connectivity index is 1.47. The lowest BCUT2D eigenvalue weighted by Crippen LogP contribution is -2.32. The van der Waals surface area contributed by atoms with E-state index in [1.807, 2.05) is 87.5 Å². The van der Waals surface area contributed by atoms with Gasteiger partial charge in [0.2, 0.25) is 0 Å². The van der Waals surface area contributed by atoms with Crippen molar-refractivity contribution < 1.29 is 14.3 Å². The molecule has 0 aromatic heterocycles. The maximum atomic E-state index is 13.5. The van der Waals surface area contributed by atoms with E-state index in [9.17, 15) is 9.59 Å². The summed E-state index contributed by atoms with van der Waals surface area (Å²) >= 11 is 6.58. The molecule has 38 heavy (non-hydrogen) atoms. The quantitative estimate of drug-likeness (QED) is 0.297. The molecule has 1 fully saturated rings. The Kier molecular flexibility index (Phi) is 8.79. The van der Waals surface area contributed by atoms with Gasteiger partial charge in [-0.2, -0.15) is 0 Å². The Hall–Kier alpha value is -3.71. The highest BCUT2D eigenvalue weighted by Gasteiger charge is 2.22. The van der Waals surface area contributed by atoms with Crippen LogP contribution in [0, 0.1) is 0 Å². The normalized spacial score (nSPS) is 14.1. The van der Waals surface area contributed by atoms with Gasteiger partial charge in [-0.25, -0.2) is 4.79 Å². The van der Waals surface area contributed by atoms with E-state index in [1.54, 1.807) is 6.07 Å². The number of ether oxygens (including phenoxy) is 1. The number of carbonyl (C=O) groups excluding carboxylic acids is 2. The molecule has 0 radical (unpaired) electrons. The Bertz CT molecular complexity index is 1250. The van der Waals surface area contributed by atoms with Crippen LogP contribution >= 0.6 is 11.6 Å². The van der Waals surface area contributed by atoms with E-state index in [1.165, 1.54) is 0 Å². The fourth-order valence-electron chi connectivity index (χ4n) is 4.39. The first-order valence-corrected chi connectivity index (χ1v) is 13.3. The van der Waals surface area contributed by atoms with E-state index < -0.39 is 17.7 Å². The van der Waals surface area contributed by atoms with Gasteiger partial charge in [-0.15, -0.1) is 0 Å². The zero-order valence-electron chi connectivity index (χ0n) is 22.1. The number of halogens is 1. The second-order valence-electron chi connectivity index (χ2n) is 10.4. The topological polar surface area (TPSA) is 82.7 Å². The highest BCUT2D eigenvalue weighted by Crippen LogP contribution is 2.32. The fraction of sp³-hybridized carbons (Fsp3) is 0.333. The highest BCUT2D eigenvalue weighted by molar-refractivity contribution is 6.33. The number of amides is 2. The van der Waals surface area contributed by atoms with Gasteiger partial charge >= 0.3 is 6.09 Å². The summed E-state index contributed by atoms with van der Waals surface area (Å²) in [6, 6.07) is 22.1. The molecule has 1 heterocycles. The second-order valence-corrected chi connectivity index (χ2v) is 10.8. The van der Waals surface area contributed by atoms with Gasteiger partial charge in [0.25, 0.3) is 5.91 Å². The molecule has 1 aliphatic rings. The molecular weight excluding hydrogens is 500 g/mol. The van der Waals surface area contributed by atoms with Gasteiger partial charge in [-0.3, -0.25) is 4.79 Å². The molecule has 0 aliphatic carbocycles. The van der Waals surface area contributed by atoms with Gasteiger partial charge in [-0.05, 0) is 75.1 Å². The molecule has 1 aliphatic heterocycles. The van der Waals surface area contributed by atoms with Crippen molar-refractivity contribution in [2.24, 2.45) is 0 Å². The van der Waals surface area contributed by atoms with Crippen LogP contribution in [0.4, 0.5) is 21.9 Å². The summed E-state index contributed by atoms with van der Waals surface area (Å²) in [4.78, 5) is 27.8. The van der Waals surface area contributed by atoms with Crippen LogP contribution in [0.25, 0.3) is 0 Å². The summed E-state index contributed by atoms with van der Waals surface area (Å²) in [5.41, 5.74) is 3.51. The molecule has 0 spiro atoms. The zero-order valence-corrected chi connectivity index (χ0v) is 22.8. The van der Waals surface area contributed by atoms with Gasteiger partial charge in [0.05, 0.1) is 10.7 Å². The molecule has 4 rings (SSSR count). The van der Waals surface area contributed by atoms with E-state index in [4.69, 9.17) is 16.3 Å². The summed E-state index contributed by atoms with van der Waals surface area (Å²) in [6.45, 7) is 7.76. The number of nitrogens with one attached hydrogen (secondary N) is 3. The first-order chi connectivity index (χ1) is 18.2. The standard InChI is InChI=1S/C30H35ClN4O3/c1-30(2,3)38-29(37)32-20-21-10-9-13-23(18-21)33-27(22-11-5-4-6-12-22)28(36)34-24-14-15-26(25(31)19-24)35-16-7-8-17-35/h4-6,9-15,18-19,27,33H,7-8,16-17,20H2,1-3H3,(H,32,37)(H,34,36). The number of anilines is 3. The van der Waals surface area contributed by atoms with Gasteiger partial charge in [0.15, 0.2) is 0 Å². The summed E-state index contributed by atoms with van der Waals surface area (Å²) in [7, 11) is 0. The minimum absolute atomic E-state index is 0.210. The van der Waals surface area contributed by atoms with Gasteiger partial charge in [0.1, 0.15) is 11.6 Å². The average Bonchev–Trinajstić information content (AvgIpc) is 3.41. The van der Waals surface area contributed by atoms with Crippen molar-refractivity contribution in [3.8, 4) is 0 Å². The zero-order chi connectivity index (χ0) is 27.1. The van der Waals surface area contributed by atoms with E-state index in [-0.39, 0.29) is 5.91 Å². The van der Waals surface area contributed by atoms with E-state index in [0.717, 1.165) is 48.4 Å². The van der Waals surface area contributed by atoms with Crippen LogP contribution in [0.2, 0.25) is 5.02 Å². The third kappa shape index (κ3) is 7.65. The third-order valence-electron chi connectivity index (χ3n) is 6.13. The molecule has 0 bridgehead atoms. The Morgan fingerprint density at radius 1 is 0.947 bits per heavy atom. The number of alkyl carbamates (subject to hydrolysis) is 1. The van der Waals surface area contributed by atoms with Crippen LogP contribution in [0.5, 0.6) is 0 Å². The van der Waals surface area contributed by atoms with Crippen molar-refractivity contribution in [3.63, 3.8) is 0 Å². The van der Waals surface area contributed by atoms with Crippen molar-refractivity contribution in [1.82, 2.24) is 5.32 Å². The molecular formula is C30H35ClN4O3. The SMILES string of the molecule is CC(C)(C)OC(=O)NCc1cccc(NC(C(=O)Nc2ccc(N3CCCC3)c(Cl)c2)c2ccccc2)c1. The summed E-state index contributed by atoms with van der Waals surface area (Å²) < 4.78 is 5.31. The number of carbonyl (C=O) groups is 2. The maximum Gasteiger partial charge on any atom is 0.407 e. The smallest absolute Gasteiger partial charge is 0.407 e. The number of nitrogens with zero attached hydrogens (tertiary/aromatic N) is 1. The summed E-state index contributed by atoms with van der Waals surface area (Å²) in [5.74, 6) is -0.210. The number of hydrogen-bond acceptors (Lipinski definition) is 5. The molecule has 8 heteroatoms. The number of rotatable bonds is 8. The average molecular weight is 535 g/mol. The first-order valence-electron chi connectivity index (χ1n) is 12.9. The number of benzene rings is 3. The fourth-order valence-corrected chi connectivity index (χ4v) is 4.69. The van der Waals surface area contributed by atoms with Crippen molar-refractivity contribution >= 4 is 40.7 Å². The monoisotopic (exact) mass is 534 g/mol. The minimum atomic E-state index is -0.651. The van der Waals surface area contributed by atoms with Crippen molar-refractivity contribution in [2.75, 3.05) is 28.6 Å². The predicted octanol–water partition coefficient (Wildman–Crippen LogP) is 6.76. The maximum absolute atomic E-state index is 13.5. The lowest BCUT2D eigenvalue weighted by molar-refractivity contribution is -0.117. The lowest BCUT2D eigenvalue weighted by Gasteiger charge is -2.22. The van der Waals surface area contributed by atoms with Crippen molar-refractivity contribution in [2.45, 2.75) is 51.8 Å². The highest BCUT2D eigenvalue weighted by atomic mass is 35.5. The molecule has 200 valence electrons. The molecule has 3 N–H and O–H groups in total. The van der Waals surface area contributed by atoms with Crippen molar-refractivity contribution in [1.29, 1.82) is 0 Å². The van der Waals surface area contributed by atoms with Gasteiger partial charge in [-0.1, -0.05) is 54.1 Å². The molecule has 3 aromatic rings. The van der Waals surface area contributed by atoms with Gasteiger partial charge < -0.3 is 25.6 Å². The predicted molar refractivity (Wildman–Crippen MR) is 154 cm³/mol. The molecule has 2 amide bonds. The Labute approximate surface area is 229 Å². The first kappa shape index (κ1) is 27.3. The summed E-state index contributed by atoms with van der Waals surface area (Å²) in [5, 5.41) is 9.77. The molecule has 1 unspecified atom stereocenters. The van der Waals surface area contributed by atoms with Crippen LogP contribution in [0.15, 0.2) is 72.8 Å². The number of hydrogen-bond donors (Lipinski definition) is 3. The molecule has 1 atom stereocenters. The van der Waals surface area contributed by atoms with Gasteiger partial charge in [0, 0.05) is 31.0 Å². The molecule has 3 aromatic carbocycles. The molecule has 1 saturated heterocycles. The van der Waals surface area contributed by atoms with Crippen LogP contribution in [0.3, 0.4) is 0 Å². The third-order valence-corrected chi connectivity index (χ3v) is 6.43. The van der Waals surface area contributed by atoms with Crippen LogP contribution in [-0.2, 0) is 16.1 Å². The van der Waals surface area contributed by atoms with Crippen LogP contribution < -0.4 is 20.9 Å². The largest absolute Gasteiger partial charge is 0.444 e. The van der Waals surface area contributed by atoms with Crippen LogP contribution in [-0.4, -0.2) is 30.7 Å². The van der Waals surface area contributed by atoms with Crippen LogP contribution in [0.1, 0.15) is 50.8 Å². The van der Waals surface area contributed by atoms with E-state index >= 15 is 0 Å².